The van der Waals surface area contributed by atoms with E-state index < -0.39 is 23.3 Å². The van der Waals surface area contributed by atoms with E-state index in [0.717, 1.165) is 30.2 Å². The fourth-order valence-electron chi connectivity index (χ4n) is 5.04. The van der Waals surface area contributed by atoms with E-state index in [9.17, 15) is 22.4 Å². The summed E-state index contributed by atoms with van der Waals surface area (Å²) < 4.78 is 61.9. The Hall–Kier alpha value is -3.43. The minimum Gasteiger partial charge on any atom is -0.479 e. The Morgan fingerprint density at radius 1 is 1.09 bits per heavy atom. The van der Waals surface area contributed by atoms with Gasteiger partial charge >= 0.3 is 0 Å². The van der Waals surface area contributed by atoms with Gasteiger partial charge in [0.1, 0.15) is 0 Å². The quantitative estimate of drug-likeness (QED) is 0.431. The number of amides is 1. The molecule has 0 spiro atoms. The second-order valence-corrected chi connectivity index (χ2v) is 8.32. The van der Waals surface area contributed by atoms with E-state index >= 15 is 0 Å². The average molecular weight is 460 g/mol. The molecule has 2 aliphatic heterocycles. The molecular formula is C23H20F4N4O2. The van der Waals surface area contributed by atoms with Gasteiger partial charge < -0.3 is 9.64 Å². The van der Waals surface area contributed by atoms with Gasteiger partial charge in [-0.2, -0.15) is 5.10 Å². The van der Waals surface area contributed by atoms with Crippen LogP contribution in [-0.4, -0.2) is 38.7 Å². The first-order valence-corrected chi connectivity index (χ1v) is 10.5. The molecule has 1 aromatic carbocycles. The maximum Gasteiger partial charge on any atom is 0.256 e. The highest BCUT2D eigenvalue weighted by Gasteiger charge is 2.43. The van der Waals surface area contributed by atoms with Gasteiger partial charge in [0.05, 0.1) is 30.1 Å². The van der Waals surface area contributed by atoms with E-state index in [1.54, 1.807) is 11.9 Å². The number of piperidine rings is 1. The first-order chi connectivity index (χ1) is 15.8. The van der Waals surface area contributed by atoms with Crippen molar-refractivity contribution < 1.29 is 27.1 Å². The van der Waals surface area contributed by atoms with Crippen molar-refractivity contribution in [1.29, 1.82) is 0 Å². The van der Waals surface area contributed by atoms with Crippen LogP contribution in [0.15, 0.2) is 24.4 Å². The van der Waals surface area contributed by atoms with Gasteiger partial charge in [-0.15, -0.1) is 0 Å². The van der Waals surface area contributed by atoms with Crippen LogP contribution in [-0.2, 0) is 13.5 Å². The molecule has 4 heterocycles. The number of aryl methyl sites for hydroxylation is 1. The molecular weight excluding hydrogens is 440 g/mol. The Morgan fingerprint density at radius 3 is 2.48 bits per heavy atom. The van der Waals surface area contributed by atoms with Crippen molar-refractivity contribution in [3.63, 3.8) is 0 Å². The smallest absolute Gasteiger partial charge is 0.256 e. The van der Waals surface area contributed by atoms with E-state index in [0.29, 0.717) is 30.7 Å². The average Bonchev–Trinajstić information content (AvgIpc) is 3.11. The van der Waals surface area contributed by atoms with Gasteiger partial charge in [0, 0.05) is 30.4 Å². The third kappa shape index (κ3) is 3.35. The van der Waals surface area contributed by atoms with E-state index in [2.05, 4.69) is 10.1 Å². The lowest BCUT2D eigenvalue weighted by atomic mass is 9.81. The number of aromatic nitrogens is 3. The van der Waals surface area contributed by atoms with Crippen molar-refractivity contribution >= 4 is 5.91 Å². The Bertz CT molecular complexity index is 1250. The van der Waals surface area contributed by atoms with Gasteiger partial charge in [0.15, 0.2) is 23.3 Å². The number of benzene rings is 1. The number of carbonyl (C=O) groups excluding carboxylic acids is 1. The summed E-state index contributed by atoms with van der Waals surface area (Å²) in [5.41, 5.74) is 2.18. The molecule has 1 saturated heterocycles. The zero-order valence-electron chi connectivity index (χ0n) is 17.9. The lowest BCUT2D eigenvalue weighted by molar-refractivity contribution is 0.0391. The molecule has 5 rings (SSSR count). The number of carbonyl (C=O) groups is 1. The van der Waals surface area contributed by atoms with Gasteiger partial charge in [-0.3, -0.25) is 9.48 Å². The fraction of sp³-hybridized carbons (Fsp3) is 0.348. The number of nitrogens with zero attached hydrogens (tertiary/aromatic N) is 4. The van der Waals surface area contributed by atoms with Crippen molar-refractivity contribution in [2.45, 2.75) is 37.8 Å². The summed E-state index contributed by atoms with van der Waals surface area (Å²) in [5.74, 6) is -5.37. The van der Waals surface area contributed by atoms with Crippen molar-refractivity contribution in [2.75, 3.05) is 7.11 Å². The number of rotatable bonds is 3. The van der Waals surface area contributed by atoms with E-state index in [1.165, 1.54) is 18.0 Å². The van der Waals surface area contributed by atoms with E-state index in [4.69, 9.17) is 4.74 Å². The summed E-state index contributed by atoms with van der Waals surface area (Å²) in [4.78, 5) is 18.9. The summed E-state index contributed by atoms with van der Waals surface area (Å²) in [6, 6.07) is 2.43. The summed E-state index contributed by atoms with van der Waals surface area (Å²) >= 11 is 0. The Kier molecular flexibility index (Phi) is 5.10. The molecule has 6 nitrogen and oxygen atoms in total. The third-order valence-corrected chi connectivity index (χ3v) is 6.42. The molecule has 2 atom stereocenters. The number of methoxy groups -OCH3 is 1. The SMILES string of the molecule is COc1ncc(C(=O)N2[C@H]3CCC[C@@H]2c2nn(C)c(-c4cc(F)c(F)c(F)c4)c2C3)cc1F. The number of fused-ring (bicyclic) bond motifs is 4. The van der Waals surface area contributed by atoms with Crippen LogP contribution in [0.3, 0.4) is 0 Å². The zero-order valence-corrected chi connectivity index (χ0v) is 17.9. The monoisotopic (exact) mass is 460 g/mol. The highest BCUT2D eigenvalue weighted by atomic mass is 19.2. The summed E-state index contributed by atoms with van der Waals surface area (Å²) in [5, 5.41) is 4.58. The van der Waals surface area contributed by atoms with Crippen molar-refractivity contribution in [1.82, 2.24) is 19.7 Å². The molecule has 1 fully saturated rings. The maximum atomic E-state index is 14.2. The molecule has 0 radical (unpaired) electrons. The fourth-order valence-corrected chi connectivity index (χ4v) is 5.04. The van der Waals surface area contributed by atoms with Gasteiger partial charge in [0.25, 0.3) is 5.91 Å². The summed E-state index contributed by atoms with van der Waals surface area (Å²) in [6.45, 7) is 0. The van der Waals surface area contributed by atoms with E-state index in [-0.39, 0.29) is 35.0 Å². The second-order valence-electron chi connectivity index (χ2n) is 8.32. The van der Waals surface area contributed by atoms with Crippen LogP contribution in [0, 0.1) is 23.3 Å². The Labute approximate surface area is 186 Å². The summed E-state index contributed by atoms with van der Waals surface area (Å²) in [6.07, 6.45) is 3.93. The number of hydrogen-bond acceptors (Lipinski definition) is 4. The largest absolute Gasteiger partial charge is 0.479 e. The normalized spacial score (nSPS) is 19.4. The van der Waals surface area contributed by atoms with Crippen LogP contribution in [0.1, 0.15) is 46.9 Å². The van der Waals surface area contributed by atoms with Crippen LogP contribution in [0.5, 0.6) is 5.88 Å². The predicted octanol–water partition coefficient (Wildman–Crippen LogP) is 4.34. The van der Waals surface area contributed by atoms with E-state index in [1.807, 2.05) is 0 Å². The molecule has 0 saturated carbocycles. The molecule has 0 aliphatic carbocycles. The van der Waals surface area contributed by atoms with Crippen LogP contribution in [0.4, 0.5) is 17.6 Å². The topological polar surface area (TPSA) is 60.2 Å². The van der Waals surface area contributed by atoms with Crippen LogP contribution >= 0.6 is 0 Å². The lowest BCUT2D eigenvalue weighted by Gasteiger charge is -2.45. The van der Waals surface area contributed by atoms with Gasteiger partial charge in [0.2, 0.25) is 5.88 Å². The van der Waals surface area contributed by atoms with Gasteiger partial charge in [-0.05, 0) is 43.9 Å². The van der Waals surface area contributed by atoms with Gasteiger partial charge in [-0.25, -0.2) is 22.5 Å². The van der Waals surface area contributed by atoms with Crippen molar-refractivity contribution in [2.24, 2.45) is 7.05 Å². The molecule has 10 heteroatoms. The number of hydrogen-bond donors (Lipinski definition) is 0. The van der Waals surface area contributed by atoms with Crippen LogP contribution in [0.2, 0.25) is 0 Å². The predicted molar refractivity (Wildman–Crippen MR) is 110 cm³/mol. The highest BCUT2D eigenvalue weighted by Crippen LogP contribution is 2.45. The summed E-state index contributed by atoms with van der Waals surface area (Å²) in [7, 11) is 2.94. The number of halogens is 4. The number of pyridine rings is 1. The minimum absolute atomic E-state index is 0.104. The molecule has 0 N–H and O–H groups in total. The molecule has 2 aromatic heterocycles. The molecule has 1 amide bonds. The van der Waals surface area contributed by atoms with Crippen molar-refractivity contribution in [3.05, 3.63) is 64.5 Å². The molecule has 3 aromatic rings. The molecule has 2 aliphatic rings. The van der Waals surface area contributed by atoms with Gasteiger partial charge in [-0.1, -0.05) is 0 Å². The Balaban J connectivity index is 1.57. The van der Waals surface area contributed by atoms with Crippen molar-refractivity contribution in [3.8, 4) is 17.1 Å². The Morgan fingerprint density at radius 2 is 1.82 bits per heavy atom. The zero-order chi connectivity index (χ0) is 23.4. The first kappa shape index (κ1) is 21.4. The van der Waals surface area contributed by atoms with Crippen LogP contribution in [0.25, 0.3) is 11.3 Å². The second kappa shape index (κ2) is 7.86. The lowest BCUT2D eigenvalue weighted by Crippen LogP contribution is -2.49. The third-order valence-electron chi connectivity index (χ3n) is 6.42. The van der Waals surface area contributed by atoms with Crippen LogP contribution < -0.4 is 4.74 Å². The molecule has 2 bridgehead atoms. The molecule has 172 valence electrons. The minimum atomic E-state index is -1.52. The molecule has 0 unspecified atom stereocenters. The number of ether oxygens (including phenoxy) is 1. The highest BCUT2D eigenvalue weighted by molar-refractivity contribution is 5.95. The molecule has 33 heavy (non-hydrogen) atoms. The first-order valence-electron chi connectivity index (χ1n) is 10.5. The standard InChI is InChI=1S/C23H20F4N4O2/c1-30-21(11-6-15(24)19(27)16(25)7-11)14-9-13-4-3-5-18(20(14)29-30)31(13)23(32)12-8-17(26)22(33-2)28-10-12/h6-8,10,13,18H,3-5,9H2,1-2H3/t13-,18+/m0/s1. The maximum absolute atomic E-state index is 14.2.